The van der Waals surface area contributed by atoms with Gasteiger partial charge in [-0.05, 0) is 50.5 Å². The zero-order valence-corrected chi connectivity index (χ0v) is 12.8. The highest BCUT2D eigenvalue weighted by Gasteiger charge is 2.23. The first kappa shape index (κ1) is 16.2. The molecule has 1 unspecified atom stereocenters. The topological polar surface area (TPSA) is 56.5 Å². The molecule has 0 aliphatic heterocycles. The van der Waals surface area contributed by atoms with Gasteiger partial charge < -0.3 is 9.47 Å². The minimum absolute atomic E-state index is 0.0855. The number of hydrazine groups is 1. The van der Waals surface area contributed by atoms with Crippen molar-refractivity contribution in [1.29, 1.82) is 0 Å². The molecule has 1 atom stereocenters. The number of nitrogens with one attached hydrogen (secondary N) is 1. The fraction of sp³-hybridized carbons (Fsp3) is 0.571. The van der Waals surface area contributed by atoms with E-state index in [2.05, 4.69) is 5.43 Å². The fourth-order valence-electron chi connectivity index (χ4n) is 2.04. The number of ether oxygens (including phenoxy) is 2. The molecular formula is C14H23ClN2O2. The summed E-state index contributed by atoms with van der Waals surface area (Å²) in [7, 11) is 3.35. The number of hydrogen-bond donors (Lipinski definition) is 2. The predicted molar refractivity (Wildman–Crippen MR) is 78.5 cm³/mol. The second-order valence-electron chi connectivity index (χ2n) is 5.19. The van der Waals surface area contributed by atoms with Gasteiger partial charge in [0, 0.05) is 18.2 Å². The van der Waals surface area contributed by atoms with Crippen LogP contribution in [0.1, 0.15) is 25.8 Å². The Hall–Kier alpha value is -0.810. The largest absolute Gasteiger partial charge is 0.496 e. The summed E-state index contributed by atoms with van der Waals surface area (Å²) < 4.78 is 10.8. The van der Waals surface area contributed by atoms with Crippen LogP contribution in [-0.2, 0) is 11.2 Å². The van der Waals surface area contributed by atoms with Crippen LogP contribution in [0.5, 0.6) is 5.75 Å². The number of hydrogen-bond acceptors (Lipinski definition) is 4. The molecule has 3 N–H and O–H groups in total. The van der Waals surface area contributed by atoms with E-state index in [1.165, 1.54) is 0 Å². The van der Waals surface area contributed by atoms with Crippen LogP contribution >= 0.6 is 11.6 Å². The third-order valence-electron chi connectivity index (χ3n) is 3.24. The zero-order valence-electron chi connectivity index (χ0n) is 12.0. The van der Waals surface area contributed by atoms with Crippen LogP contribution in [0.4, 0.5) is 0 Å². The van der Waals surface area contributed by atoms with Crippen molar-refractivity contribution in [2.75, 3.05) is 14.2 Å². The van der Waals surface area contributed by atoms with Gasteiger partial charge in [-0.2, -0.15) is 0 Å². The third kappa shape index (κ3) is 4.99. The molecule has 0 aromatic heterocycles. The van der Waals surface area contributed by atoms with E-state index in [-0.39, 0.29) is 11.6 Å². The van der Waals surface area contributed by atoms with Crippen LogP contribution in [0.3, 0.4) is 0 Å². The van der Waals surface area contributed by atoms with Gasteiger partial charge in [0.25, 0.3) is 0 Å². The molecular weight excluding hydrogens is 264 g/mol. The molecule has 0 fully saturated rings. The summed E-state index contributed by atoms with van der Waals surface area (Å²) in [5, 5.41) is 0.692. The van der Waals surface area contributed by atoms with Crippen molar-refractivity contribution in [1.82, 2.24) is 5.43 Å². The Labute approximate surface area is 120 Å². The van der Waals surface area contributed by atoms with Crippen LogP contribution in [0.2, 0.25) is 5.02 Å². The first-order chi connectivity index (χ1) is 8.91. The quantitative estimate of drug-likeness (QED) is 0.597. The van der Waals surface area contributed by atoms with Crippen LogP contribution in [0.15, 0.2) is 18.2 Å². The van der Waals surface area contributed by atoms with E-state index in [1.807, 2.05) is 32.0 Å². The van der Waals surface area contributed by atoms with E-state index < -0.39 is 0 Å². The summed E-state index contributed by atoms with van der Waals surface area (Å²) in [4.78, 5) is 0. The Kier molecular flexibility index (Phi) is 6.07. The Morgan fingerprint density at radius 1 is 1.37 bits per heavy atom. The maximum atomic E-state index is 6.03. The molecule has 5 heteroatoms. The van der Waals surface area contributed by atoms with Crippen molar-refractivity contribution in [2.24, 2.45) is 5.84 Å². The Bertz CT molecular complexity index is 410. The standard InChI is InChI=1S/C14H23ClN2O2/c1-14(2,19-4)9-12(17-16)8-10-7-11(15)5-6-13(10)18-3/h5-7,12,17H,8-9,16H2,1-4H3. The van der Waals surface area contributed by atoms with E-state index in [9.17, 15) is 0 Å². The van der Waals surface area contributed by atoms with Gasteiger partial charge in [0.1, 0.15) is 5.75 Å². The molecule has 0 radical (unpaired) electrons. The predicted octanol–water partition coefficient (Wildman–Crippen LogP) is 2.54. The number of methoxy groups -OCH3 is 2. The van der Waals surface area contributed by atoms with Crippen molar-refractivity contribution in [3.05, 3.63) is 28.8 Å². The van der Waals surface area contributed by atoms with Crippen molar-refractivity contribution in [3.8, 4) is 5.75 Å². The molecule has 0 aliphatic rings. The van der Waals surface area contributed by atoms with Crippen LogP contribution in [0.25, 0.3) is 0 Å². The number of nitrogens with two attached hydrogens (primary N) is 1. The first-order valence-corrected chi connectivity index (χ1v) is 6.63. The van der Waals surface area contributed by atoms with E-state index in [0.717, 1.165) is 24.2 Å². The van der Waals surface area contributed by atoms with Gasteiger partial charge in [0.15, 0.2) is 0 Å². The Morgan fingerprint density at radius 2 is 2.05 bits per heavy atom. The SMILES string of the molecule is COc1ccc(Cl)cc1CC(CC(C)(C)OC)NN. The Morgan fingerprint density at radius 3 is 2.58 bits per heavy atom. The lowest BCUT2D eigenvalue weighted by atomic mass is 9.94. The molecule has 0 amide bonds. The second kappa shape index (κ2) is 7.10. The highest BCUT2D eigenvalue weighted by molar-refractivity contribution is 6.30. The van der Waals surface area contributed by atoms with E-state index >= 15 is 0 Å². The van der Waals surface area contributed by atoms with Crippen molar-refractivity contribution < 1.29 is 9.47 Å². The lowest BCUT2D eigenvalue weighted by molar-refractivity contribution is 0.00706. The molecule has 0 saturated carbocycles. The first-order valence-electron chi connectivity index (χ1n) is 6.25. The van der Waals surface area contributed by atoms with Gasteiger partial charge >= 0.3 is 0 Å². The van der Waals surface area contributed by atoms with Crippen molar-refractivity contribution in [3.63, 3.8) is 0 Å². The molecule has 0 spiro atoms. The highest BCUT2D eigenvalue weighted by Crippen LogP contribution is 2.26. The smallest absolute Gasteiger partial charge is 0.122 e. The van der Waals surface area contributed by atoms with Gasteiger partial charge in [-0.25, -0.2) is 0 Å². The summed E-state index contributed by atoms with van der Waals surface area (Å²) in [6, 6.07) is 5.67. The Balaban J connectivity index is 2.83. The minimum atomic E-state index is -0.233. The monoisotopic (exact) mass is 286 g/mol. The molecule has 0 aliphatic carbocycles. The van der Waals surface area contributed by atoms with Gasteiger partial charge in [-0.3, -0.25) is 11.3 Å². The summed E-state index contributed by atoms with van der Waals surface area (Å²) in [5.74, 6) is 6.45. The fourth-order valence-corrected chi connectivity index (χ4v) is 2.23. The molecule has 0 saturated heterocycles. The lowest BCUT2D eigenvalue weighted by Gasteiger charge is -2.28. The lowest BCUT2D eigenvalue weighted by Crippen LogP contribution is -2.42. The maximum absolute atomic E-state index is 6.03. The van der Waals surface area contributed by atoms with Crippen LogP contribution in [0, 0.1) is 0 Å². The summed E-state index contributed by atoms with van der Waals surface area (Å²) in [6.45, 7) is 4.07. The normalized spacial score (nSPS) is 13.4. The minimum Gasteiger partial charge on any atom is -0.496 e. The molecule has 1 aromatic rings. The third-order valence-corrected chi connectivity index (χ3v) is 3.47. The van der Waals surface area contributed by atoms with Crippen LogP contribution in [-0.4, -0.2) is 25.9 Å². The van der Waals surface area contributed by atoms with Gasteiger partial charge in [-0.1, -0.05) is 11.6 Å². The summed E-state index contributed by atoms with van der Waals surface area (Å²) >= 11 is 6.03. The van der Waals surface area contributed by atoms with E-state index in [1.54, 1.807) is 14.2 Å². The molecule has 0 heterocycles. The van der Waals surface area contributed by atoms with Gasteiger partial charge in [0.2, 0.25) is 0 Å². The summed E-state index contributed by atoms with van der Waals surface area (Å²) in [6.07, 6.45) is 1.52. The van der Waals surface area contributed by atoms with Crippen LogP contribution < -0.4 is 16.0 Å². The van der Waals surface area contributed by atoms with E-state index in [0.29, 0.717) is 5.02 Å². The van der Waals surface area contributed by atoms with Crippen molar-refractivity contribution in [2.45, 2.75) is 38.3 Å². The molecule has 19 heavy (non-hydrogen) atoms. The average molecular weight is 287 g/mol. The highest BCUT2D eigenvalue weighted by atomic mass is 35.5. The molecule has 0 bridgehead atoms. The number of halogens is 1. The zero-order chi connectivity index (χ0) is 14.5. The van der Waals surface area contributed by atoms with Gasteiger partial charge in [-0.15, -0.1) is 0 Å². The number of benzene rings is 1. The maximum Gasteiger partial charge on any atom is 0.122 e. The average Bonchev–Trinajstić information content (AvgIpc) is 2.38. The number of rotatable bonds is 7. The molecule has 4 nitrogen and oxygen atoms in total. The van der Waals surface area contributed by atoms with Gasteiger partial charge in [0.05, 0.1) is 12.7 Å². The molecule has 1 aromatic carbocycles. The molecule has 108 valence electrons. The van der Waals surface area contributed by atoms with E-state index in [4.69, 9.17) is 26.9 Å². The molecule has 1 rings (SSSR count). The van der Waals surface area contributed by atoms with Crippen molar-refractivity contribution >= 4 is 11.6 Å². The summed E-state index contributed by atoms with van der Waals surface area (Å²) in [5.41, 5.74) is 3.63. The second-order valence-corrected chi connectivity index (χ2v) is 5.63.